The van der Waals surface area contributed by atoms with E-state index in [2.05, 4.69) is 22.5 Å². The molecule has 1 atom stereocenters. The summed E-state index contributed by atoms with van der Waals surface area (Å²) >= 11 is 0. The van der Waals surface area contributed by atoms with E-state index >= 15 is 0 Å². The first-order chi connectivity index (χ1) is 10.3. The van der Waals surface area contributed by atoms with Crippen LogP contribution in [0.3, 0.4) is 0 Å². The van der Waals surface area contributed by atoms with Gasteiger partial charge in [-0.05, 0) is 17.7 Å². The number of ether oxygens (including phenoxy) is 1. The maximum atomic E-state index is 11.8. The van der Waals surface area contributed by atoms with Crippen molar-refractivity contribution in [2.45, 2.75) is 12.6 Å². The first-order valence-electron chi connectivity index (χ1n) is 6.83. The van der Waals surface area contributed by atoms with Crippen LogP contribution in [0.1, 0.15) is 5.56 Å². The molecule has 108 valence electrons. The van der Waals surface area contributed by atoms with Crippen molar-refractivity contribution in [2.24, 2.45) is 5.84 Å². The number of hydrogen-bond donors (Lipinski definition) is 2. The summed E-state index contributed by atoms with van der Waals surface area (Å²) < 4.78 is 5.72. The summed E-state index contributed by atoms with van der Waals surface area (Å²) in [6.07, 6.45) is -0.603. The van der Waals surface area contributed by atoms with Gasteiger partial charge in [-0.1, -0.05) is 42.5 Å². The molecule has 0 saturated heterocycles. The summed E-state index contributed by atoms with van der Waals surface area (Å²) in [6.45, 7) is 1.19. The fourth-order valence-corrected chi connectivity index (χ4v) is 2.49. The SMILES string of the molecule is NNC(=O)[C@H]1CN(Cc2ccccc2)c2ccccc2O1. The van der Waals surface area contributed by atoms with E-state index in [4.69, 9.17) is 10.6 Å². The lowest BCUT2D eigenvalue weighted by Crippen LogP contribution is -2.50. The Morgan fingerprint density at radius 1 is 1.19 bits per heavy atom. The van der Waals surface area contributed by atoms with E-state index in [1.165, 1.54) is 5.56 Å². The van der Waals surface area contributed by atoms with E-state index < -0.39 is 6.10 Å². The van der Waals surface area contributed by atoms with Gasteiger partial charge in [0.2, 0.25) is 0 Å². The minimum Gasteiger partial charge on any atom is -0.476 e. The zero-order valence-corrected chi connectivity index (χ0v) is 11.5. The molecule has 2 aromatic carbocycles. The van der Waals surface area contributed by atoms with E-state index in [-0.39, 0.29) is 5.91 Å². The number of nitrogens with zero attached hydrogens (tertiary/aromatic N) is 1. The molecule has 21 heavy (non-hydrogen) atoms. The Morgan fingerprint density at radius 3 is 2.67 bits per heavy atom. The zero-order chi connectivity index (χ0) is 14.7. The van der Waals surface area contributed by atoms with E-state index in [0.717, 1.165) is 12.2 Å². The van der Waals surface area contributed by atoms with Crippen molar-refractivity contribution in [1.82, 2.24) is 5.43 Å². The van der Waals surface area contributed by atoms with Crippen LogP contribution in [0.5, 0.6) is 5.75 Å². The highest BCUT2D eigenvalue weighted by molar-refractivity contribution is 5.82. The summed E-state index contributed by atoms with van der Waals surface area (Å²) in [6, 6.07) is 17.8. The van der Waals surface area contributed by atoms with Crippen LogP contribution in [0, 0.1) is 0 Å². The van der Waals surface area contributed by atoms with Gasteiger partial charge in [0.1, 0.15) is 5.75 Å². The summed E-state index contributed by atoms with van der Waals surface area (Å²) in [5.74, 6) is 5.61. The summed E-state index contributed by atoms with van der Waals surface area (Å²) in [7, 11) is 0. The number of carbonyl (C=O) groups excluding carboxylic acids is 1. The molecule has 1 amide bonds. The highest BCUT2D eigenvalue weighted by atomic mass is 16.5. The number of nitrogens with two attached hydrogens (primary N) is 1. The van der Waals surface area contributed by atoms with Gasteiger partial charge >= 0.3 is 0 Å². The topological polar surface area (TPSA) is 67.6 Å². The molecule has 3 rings (SSSR count). The Balaban J connectivity index is 1.89. The largest absolute Gasteiger partial charge is 0.476 e. The number of nitrogens with one attached hydrogen (secondary N) is 1. The van der Waals surface area contributed by atoms with Crippen molar-refractivity contribution in [3.8, 4) is 5.75 Å². The average Bonchev–Trinajstić information content (AvgIpc) is 2.55. The highest BCUT2D eigenvalue weighted by Crippen LogP contribution is 2.33. The van der Waals surface area contributed by atoms with Crippen LogP contribution >= 0.6 is 0 Å². The monoisotopic (exact) mass is 283 g/mol. The van der Waals surface area contributed by atoms with Gasteiger partial charge in [-0.25, -0.2) is 5.84 Å². The fourth-order valence-electron chi connectivity index (χ4n) is 2.49. The Morgan fingerprint density at radius 2 is 1.90 bits per heavy atom. The van der Waals surface area contributed by atoms with E-state index in [1.54, 1.807) is 0 Å². The lowest BCUT2D eigenvalue weighted by molar-refractivity contribution is -0.127. The molecule has 0 aliphatic carbocycles. The molecule has 0 fully saturated rings. The van der Waals surface area contributed by atoms with Gasteiger partial charge in [0.25, 0.3) is 5.91 Å². The first kappa shape index (κ1) is 13.5. The smallest absolute Gasteiger partial charge is 0.276 e. The Bertz CT molecular complexity index is 630. The Kier molecular flexibility index (Phi) is 3.75. The third-order valence-corrected chi connectivity index (χ3v) is 3.51. The summed E-state index contributed by atoms with van der Waals surface area (Å²) in [4.78, 5) is 13.9. The van der Waals surface area contributed by atoms with Gasteiger partial charge in [0, 0.05) is 6.54 Å². The van der Waals surface area contributed by atoms with Gasteiger partial charge in [-0.15, -0.1) is 0 Å². The van der Waals surface area contributed by atoms with Crippen LogP contribution < -0.4 is 20.9 Å². The number of fused-ring (bicyclic) bond motifs is 1. The van der Waals surface area contributed by atoms with Crippen LogP contribution in [0.25, 0.3) is 0 Å². The predicted octanol–water partition coefficient (Wildman–Crippen LogP) is 1.44. The third-order valence-electron chi connectivity index (χ3n) is 3.51. The molecule has 0 radical (unpaired) electrons. The number of hydrogen-bond acceptors (Lipinski definition) is 4. The van der Waals surface area contributed by atoms with E-state index in [9.17, 15) is 4.79 Å². The second kappa shape index (κ2) is 5.85. The molecule has 5 heteroatoms. The molecule has 2 aromatic rings. The average molecular weight is 283 g/mol. The maximum absolute atomic E-state index is 11.8. The molecule has 1 heterocycles. The minimum absolute atomic E-state index is 0.317. The molecule has 5 nitrogen and oxygen atoms in total. The number of hydrazine groups is 1. The zero-order valence-electron chi connectivity index (χ0n) is 11.5. The van der Waals surface area contributed by atoms with Crippen molar-refractivity contribution in [1.29, 1.82) is 0 Å². The number of anilines is 1. The molecule has 1 aliphatic rings. The van der Waals surface area contributed by atoms with Crippen molar-refractivity contribution in [2.75, 3.05) is 11.4 Å². The minimum atomic E-state index is -0.603. The molecule has 1 aliphatic heterocycles. The molecule has 0 bridgehead atoms. The predicted molar refractivity (Wildman–Crippen MR) is 80.7 cm³/mol. The number of amides is 1. The number of para-hydroxylation sites is 2. The Hall–Kier alpha value is -2.53. The van der Waals surface area contributed by atoms with Gasteiger partial charge < -0.3 is 9.64 Å². The van der Waals surface area contributed by atoms with Gasteiger partial charge in [-0.3, -0.25) is 10.2 Å². The quantitative estimate of drug-likeness (QED) is 0.508. The molecule has 0 spiro atoms. The molecule has 3 N–H and O–H groups in total. The molecular weight excluding hydrogens is 266 g/mol. The van der Waals surface area contributed by atoms with Crippen LogP contribution in [-0.2, 0) is 11.3 Å². The molecule has 0 saturated carbocycles. The second-order valence-corrected chi connectivity index (χ2v) is 4.95. The molecule has 0 unspecified atom stereocenters. The first-order valence-corrected chi connectivity index (χ1v) is 6.83. The summed E-state index contributed by atoms with van der Waals surface area (Å²) in [5.41, 5.74) is 4.33. The lowest BCUT2D eigenvalue weighted by atomic mass is 10.1. The van der Waals surface area contributed by atoms with Crippen molar-refractivity contribution >= 4 is 11.6 Å². The van der Waals surface area contributed by atoms with Crippen LogP contribution in [0.4, 0.5) is 5.69 Å². The van der Waals surface area contributed by atoms with E-state index in [0.29, 0.717) is 12.3 Å². The van der Waals surface area contributed by atoms with Crippen molar-refractivity contribution in [3.63, 3.8) is 0 Å². The standard InChI is InChI=1S/C16H17N3O2/c17-18-16(20)15-11-19(10-12-6-2-1-3-7-12)13-8-4-5-9-14(13)21-15/h1-9,15H,10-11,17H2,(H,18,20)/t15-/m1/s1. The van der Waals surface area contributed by atoms with Crippen LogP contribution in [0.15, 0.2) is 54.6 Å². The number of rotatable bonds is 3. The van der Waals surface area contributed by atoms with Crippen LogP contribution in [0.2, 0.25) is 0 Å². The molecular formula is C16H17N3O2. The van der Waals surface area contributed by atoms with Crippen molar-refractivity contribution in [3.05, 3.63) is 60.2 Å². The highest BCUT2D eigenvalue weighted by Gasteiger charge is 2.30. The van der Waals surface area contributed by atoms with E-state index in [1.807, 2.05) is 42.5 Å². The van der Waals surface area contributed by atoms with Crippen molar-refractivity contribution < 1.29 is 9.53 Å². The van der Waals surface area contributed by atoms with Crippen LogP contribution in [-0.4, -0.2) is 18.6 Å². The summed E-state index contributed by atoms with van der Waals surface area (Å²) in [5, 5.41) is 0. The van der Waals surface area contributed by atoms with Gasteiger partial charge in [-0.2, -0.15) is 0 Å². The second-order valence-electron chi connectivity index (χ2n) is 4.95. The lowest BCUT2D eigenvalue weighted by Gasteiger charge is -2.35. The number of carbonyl (C=O) groups is 1. The van der Waals surface area contributed by atoms with Gasteiger partial charge in [0.15, 0.2) is 6.10 Å². The normalized spacial score (nSPS) is 16.8. The fraction of sp³-hybridized carbons (Fsp3) is 0.188. The van der Waals surface area contributed by atoms with Gasteiger partial charge in [0.05, 0.1) is 12.2 Å². The molecule has 0 aromatic heterocycles. The maximum Gasteiger partial charge on any atom is 0.276 e. The Labute approximate surface area is 123 Å². The third kappa shape index (κ3) is 2.83. The number of benzene rings is 2.